The van der Waals surface area contributed by atoms with Gasteiger partial charge in [0.25, 0.3) is 5.56 Å². The topological polar surface area (TPSA) is 78.1 Å². The van der Waals surface area contributed by atoms with Gasteiger partial charge in [-0.15, -0.1) is 0 Å². The first-order valence-electron chi connectivity index (χ1n) is 9.37. The van der Waals surface area contributed by atoms with Gasteiger partial charge < -0.3 is 15.2 Å². The average molecular weight is 397 g/mol. The second-order valence-corrected chi connectivity index (χ2v) is 7.41. The van der Waals surface area contributed by atoms with Crippen LogP contribution in [0.1, 0.15) is 18.4 Å². The maximum absolute atomic E-state index is 12.7. The molecule has 4 rings (SSSR count). The van der Waals surface area contributed by atoms with Gasteiger partial charge in [0.1, 0.15) is 0 Å². The number of H-pyrrole nitrogens is 1. The van der Waals surface area contributed by atoms with E-state index < -0.39 is 0 Å². The summed E-state index contributed by atoms with van der Waals surface area (Å²) in [7, 11) is 0. The van der Waals surface area contributed by atoms with Crippen LogP contribution >= 0.6 is 11.6 Å². The number of rotatable bonds is 4. The minimum atomic E-state index is -0.226. The molecule has 1 saturated heterocycles. The highest BCUT2D eigenvalue weighted by atomic mass is 35.5. The highest BCUT2D eigenvalue weighted by Crippen LogP contribution is 2.21. The smallest absolute Gasteiger partial charge is 0.291 e. The van der Waals surface area contributed by atoms with Gasteiger partial charge in [-0.05, 0) is 36.6 Å². The van der Waals surface area contributed by atoms with E-state index in [-0.39, 0.29) is 17.4 Å². The first-order chi connectivity index (χ1) is 13.6. The van der Waals surface area contributed by atoms with Crippen LogP contribution in [0.4, 0.5) is 5.82 Å². The third-order valence-corrected chi connectivity index (χ3v) is 5.45. The zero-order chi connectivity index (χ0) is 19.5. The predicted octanol–water partition coefficient (Wildman–Crippen LogP) is 3.11. The summed E-state index contributed by atoms with van der Waals surface area (Å²) >= 11 is 6.16. The summed E-state index contributed by atoms with van der Waals surface area (Å²) < 4.78 is 0. The monoisotopic (exact) mass is 396 g/mol. The van der Waals surface area contributed by atoms with Crippen molar-refractivity contribution in [2.45, 2.75) is 19.4 Å². The van der Waals surface area contributed by atoms with E-state index in [0.29, 0.717) is 36.0 Å². The van der Waals surface area contributed by atoms with E-state index >= 15 is 0 Å². The summed E-state index contributed by atoms with van der Waals surface area (Å²) in [5.74, 6) is 0.160. The molecule has 2 heterocycles. The molecule has 1 aromatic heterocycles. The molecule has 0 aliphatic carbocycles. The number of hydrogen-bond donors (Lipinski definition) is 2. The lowest BCUT2D eigenvalue weighted by atomic mass is 9.97. The normalized spacial score (nSPS) is 16.9. The molecule has 0 saturated carbocycles. The number of piperidine rings is 1. The second-order valence-electron chi connectivity index (χ2n) is 7.00. The van der Waals surface area contributed by atoms with E-state index in [0.717, 1.165) is 23.9 Å². The quantitative estimate of drug-likeness (QED) is 0.710. The predicted molar refractivity (Wildman–Crippen MR) is 111 cm³/mol. The van der Waals surface area contributed by atoms with Crippen LogP contribution in [0, 0.1) is 5.92 Å². The molecule has 6 nitrogen and oxygen atoms in total. The summed E-state index contributed by atoms with van der Waals surface area (Å²) in [6.45, 7) is 1.58. The van der Waals surface area contributed by atoms with Crippen molar-refractivity contribution in [3.63, 3.8) is 0 Å². The molecule has 28 heavy (non-hydrogen) atoms. The lowest BCUT2D eigenvalue weighted by Gasteiger charge is -2.32. The zero-order valence-electron chi connectivity index (χ0n) is 15.3. The number of benzene rings is 2. The molecule has 1 aliphatic heterocycles. The molecule has 3 aromatic rings. The van der Waals surface area contributed by atoms with E-state index in [1.165, 1.54) is 0 Å². The fourth-order valence-electron chi connectivity index (χ4n) is 3.59. The van der Waals surface area contributed by atoms with Crippen LogP contribution in [0.2, 0.25) is 5.02 Å². The molecular formula is C21H21ClN4O2. The molecule has 0 bridgehead atoms. The van der Waals surface area contributed by atoms with Crippen molar-refractivity contribution in [1.29, 1.82) is 0 Å². The van der Waals surface area contributed by atoms with Gasteiger partial charge >= 0.3 is 0 Å². The maximum Gasteiger partial charge on any atom is 0.291 e. The van der Waals surface area contributed by atoms with Crippen molar-refractivity contribution in [3.05, 3.63) is 69.5 Å². The Morgan fingerprint density at radius 2 is 2.00 bits per heavy atom. The second kappa shape index (κ2) is 8.02. The molecule has 1 atom stereocenters. The van der Waals surface area contributed by atoms with E-state index in [1.54, 1.807) is 0 Å². The molecule has 0 radical (unpaired) electrons. The van der Waals surface area contributed by atoms with Gasteiger partial charge in [-0.1, -0.05) is 41.9 Å². The number of halogens is 1. The van der Waals surface area contributed by atoms with Gasteiger partial charge in [0.15, 0.2) is 5.82 Å². The van der Waals surface area contributed by atoms with Crippen LogP contribution in [-0.2, 0) is 11.3 Å². The Morgan fingerprint density at radius 1 is 1.21 bits per heavy atom. The van der Waals surface area contributed by atoms with Gasteiger partial charge in [0, 0.05) is 24.7 Å². The largest absolute Gasteiger partial charge is 0.352 e. The van der Waals surface area contributed by atoms with Gasteiger partial charge in [0.05, 0.1) is 17.0 Å². The Morgan fingerprint density at radius 3 is 2.86 bits per heavy atom. The van der Waals surface area contributed by atoms with Crippen molar-refractivity contribution < 1.29 is 4.79 Å². The number of carbonyl (C=O) groups is 1. The highest BCUT2D eigenvalue weighted by Gasteiger charge is 2.28. The van der Waals surface area contributed by atoms with Gasteiger partial charge in [0.2, 0.25) is 5.91 Å². The molecule has 1 fully saturated rings. The van der Waals surface area contributed by atoms with Crippen LogP contribution in [0.3, 0.4) is 0 Å². The third-order valence-electron chi connectivity index (χ3n) is 5.08. The first-order valence-corrected chi connectivity index (χ1v) is 9.75. The molecule has 0 unspecified atom stereocenters. The van der Waals surface area contributed by atoms with Crippen LogP contribution < -0.4 is 15.8 Å². The minimum Gasteiger partial charge on any atom is -0.352 e. The highest BCUT2D eigenvalue weighted by molar-refractivity contribution is 6.31. The first kappa shape index (κ1) is 18.5. The summed E-state index contributed by atoms with van der Waals surface area (Å²) in [6.07, 6.45) is 1.62. The standard InChI is InChI=1S/C21H21ClN4O2/c22-16-8-2-1-6-14(16)12-23-20(27)15-7-5-11-26(13-15)19-21(28)25-18-10-4-3-9-17(18)24-19/h1-4,6,8-10,15H,5,7,11-13H2,(H,23,27)(H,25,28)/t15-/m1/s1. The number of fused-ring (bicyclic) bond motifs is 1. The van der Waals surface area contributed by atoms with Crippen molar-refractivity contribution in [2.24, 2.45) is 5.92 Å². The molecule has 1 amide bonds. The number of para-hydroxylation sites is 2. The Labute approximate surface area is 167 Å². The van der Waals surface area contributed by atoms with Crippen molar-refractivity contribution >= 4 is 34.4 Å². The minimum absolute atomic E-state index is 0.0261. The molecule has 2 N–H and O–H groups in total. The Kier molecular flexibility index (Phi) is 5.30. The van der Waals surface area contributed by atoms with Crippen LogP contribution in [0.25, 0.3) is 11.0 Å². The zero-order valence-corrected chi connectivity index (χ0v) is 16.1. The van der Waals surface area contributed by atoms with Crippen molar-refractivity contribution in [1.82, 2.24) is 15.3 Å². The molecule has 1 aliphatic rings. The van der Waals surface area contributed by atoms with Crippen LogP contribution in [0.5, 0.6) is 0 Å². The molecule has 144 valence electrons. The number of carbonyl (C=O) groups excluding carboxylic acids is 1. The van der Waals surface area contributed by atoms with Gasteiger partial charge in [-0.3, -0.25) is 9.59 Å². The van der Waals surface area contributed by atoms with E-state index in [9.17, 15) is 9.59 Å². The summed E-state index contributed by atoms with van der Waals surface area (Å²) in [6, 6.07) is 14.9. The number of aromatic amines is 1. The van der Waals surface area contributed by atoms with Gasteiger partial charge in [-0.25, -0.2) is 4.98 Å². The SMILES string of the molecule is O=C(NCc1ccccc1Cl)[C@@H]1CCCN(c2nc3ccccc3[nH]c2=O)C1. The summed E-state index contributed by atoms with van der Waals surface area (Å²) in [5.41, 5.74) is 2.11. The molecular weight excluding hydrogens is 376 g/mol. The number of nitrogens with zero attached hydrogens (tertiary/aromatic N) is 2. The van der Waals surface area contributed by atoms with E-state index in [1.807, 2.05) is 53.4 Å². The molecule has 0 spiro atoms. The van der Waals surface area contributed by atoms with E-state index in [2.05, 4.69) is 15.3 Å². The average Bonchev–Trinajstić information content (AvgIpc) is 2.72. The fraction of sp³-hybridized carbons (Fsp3) is 0.286. The molecule has 7 heteroatoms. The number of aromatic nitrogens is 2. The molecule has 2 aromatic carbocycles. The van der Waals surface area contributed by atoms with Crippen molar-refractivity contribution in [2.75, 3.05) is 18.0 Å². The van der Waals surface area contributed by atoms with Gasteiger partial charge in [-0.2, -0.15) is 0 Å². The number of amides is 1. The maximum atomic E-state index is 12.7. The Balaban J connectivity index is 1.47. The summed E-state index contributed by atoms with van der Waals surface area (Å²) in [5, 5.41) is 3.61. The Bertz CT molecular complexity index is 1070. The third kappa shape index (κ3) is 3.87. The van der Waals surface area contributed by atoms with Crippen LogP contribution in [-0.4, -0.2) is 29.0 Å². The summed E-state index contributed by atoms with van der Waals surface area (Å²) in [4.78, 5) is 34.5. The lowest BCUT2D eigenvalue weighted by molar-refractivity contribution is -0.125. The number of hydrogen-bond acceptors (Lipinski definition) is 4. The van der Waals surface area contributed by atoms with E-state index in [4.69, 9.17) is 11.6 Å². The number of nitrogens with one attached hydrogen (secondary N) is 2. The number of anilines is 1. The fourth-order valence-corrected chi connectivity index (χ4v) is 3.79. The lowest BCUT2D eigenvalue weighted by Crippen LogP contribution is -2.44. The van der Waals surface area contributed by atoms with Crippen LogP contribution in [0.15, 0.2) is 53.3 Å². The Hall–Kier alpha value is -2.86. The van der Waals surface area contributed by atoms with Crippen molar-refractivity contribution in [3.8, 4) is 0 Å².